The molecular formula is C14H9NO3. The van der Waals surface area contributed by atoms with Crippen LogP contribution in [-0.4, -0.2) is 16.1 Å². The number of carbonyl (C=O) groups excluding carboxylic acids is 1. The van der Waals surface area contributed by atoms with Gasteiger partial charge in [-0.2, -0.15) is 0 Å². The number of hydrogen-bond acceptors (Lipinski definition) is 3. The zero-order valence-electron chi connectivity index (χ0n) is 9.34. The Balaban J connectivity index is 2.83. The molecule has 0 bridgehead atoms. The van der Waals surface area contributed by atoms with Crippen LogP contribution in [0.5, 0.6) is 11.5 Å². The lowest BCUT2D eigenvalue weighted by atomic mass is 10.0. The van der Waals surface area contributed by atoms with Gasteiger partial charge in [-0.25, -0.2) is 4.99 Å². The van der Waals surface area contributed by atoms with Gasteiger partial charge < -0.3 is 10.2 Å². The fourth-order valence-electron chi connectivity index (χ4n) is 2.15. The van der Waals surface area contributed by atoms with Gasteiger partial charge in [0, 0.05) is 5.22 Å². The van der Waals surface area contributed by atoms with Gasteiger partial charge in [0.15, 0.2) is 11.5 Å². The van der Waals surface area contributed by atoms with E-state index in [9.17, 15) is 15.0 Å². The van der Waals surface area contributed by atoms with Crippen molar-refractivity contribution in [3.63, 3.8) is 0 Å². The van der Waals surface area contributed by atoms with Gasteiger partial charge >= 0.3 is 0 Å². The van der Waals surface area contributed by atoms with Gasteiger partial charge in [-0.05, 0) is 23.4 Å². The standard InChI is InChI=1S/C14H9NO3/c1-7-3-2-4-8-11(7)12-9(15-14(8)18)5-6-10(16)13(12)17/h2-6,16-17H,1H2. The predicted octanol–water partition coefficient (Wildman–Crippen LogP) is 0.568. The molecule has 2 aromatic carbocycles. The van der Waals surface area contributed by atoms with Gasteiger partial charge in [0.2, 0.25) is 0 Å². The molecule has 1 aliphatic heterocycles. The summed E-state index contributed by atoms with van der Waals surface area (Å²) < 4.78 is 0. The van der Waals surface area contributed by atoms with Crippen molar-refractivity contribution in [3.8, 4) is 11.5 Å². The smallest absolute Gasteiger partial charge is 0.278 e. The molecule has 0 unspecified atom stereocenters. The lowest BCUT2D eigenvalue weighted by molar-refractivity contribution is 0.0996. The maximum Gasteiger partial charge on any atom is 0.278 e. The summed E-state index contributed by atoms with van der Waals surface area (Å²) in [6.07, 6.45) is 0. The van der Waals surface area contributed by atoms with Crippen LogP contribution in [-0.2, 0) is 0 Å². The summed E-state index contributed by atoms with van der Waals surface area (Å²) in [5.74, 6) is -0.887. The number of benzene rings is 2. The van der Waals surface area contributed by atoms with Crippen LogP contribution in [0.15, 0.2) is 35.3 Å². The Bertz CT molecular complexity index is 884. The molecule has 0 fully saturated rings. The van der Waals surface area contributed by atoms with E-state index in [-0.39, 0.29) is 17.4 Å². The highest BCUT2D eigenvalue weighted by atomic mass is 16.3. The first-order chi connectivity index (χ1) is 8.59. The molecule has 0 atom stereocenters. The average molecular weight is 239 g/mol. The number of nitrogens with zero attached hydrogens (tertiary/aromatic N) is 1. The highest BCUT2D eigenvalue weighted by Gasteiger charge is 2.15. The normalized spacial score (nSPS) is 12.6. The van der Waals surface area contributed by atoms with E-state index in [1.54, 1.807) is 18.2 Å². The molecule has 0 radical (unpaired) electrons. The highest BCUT2D eigenvalue weighted by Crippen LogP contribution is 2.24. The first-order valence-electron chi connectivity index (χ1n) is 5.36. The number of fused-ring (bicyclic) bond motifs is 2. The van der Waals surface area contributed by atoms with E-state index >= 15 is 0 Å². The van der Waals surface area contributed by atoms with Crippen molar-refractivity contribution in [2.24, 2.45) is 4.99 Å². The van der Waals surface area contributed by atoms with Gasteiger partial charge in [0.1, 0.15) is 0 Å². The zero-order valence-corrected chi connectivity index (χ0v) is 9.34. The third-order valence-electron chi connectivity index (χ3n) is 2.99. The first kappa shape index (κ1) is 10.5. The summed E-state index contributed by atoms with van der Waals surface area (Å²) in [5.41, 5.74) is 0.385. The van der Waals surface area contributed by atoms with Crippen molar-refractivity contribution in [1.82, 2.24) is 0 Å². The third-order valence-corrected chi connectivity index (χ3v) is 2.99. The Hall–Kier alpha value is -2.62. The monoisotopic (exact) mass is 239 g/mol. The molecule has 4 heteroatoms. The van der Waals surface area contributed by atoms with Crippen LogP contribution in [0.2, 0.25) is 0 Å². The lowest BCUT2D eigenvalue weighted by Gasteiger charge is -2.07. The van der Waals surface area contributed by atoms with E-state index in [0.717, 1.165) is 0 Å². The summed E-state index contributed by atoms with van der Waals surface area (Å²) in [5, 5.41) is 21.4. The summed E-state index contributed by atoms with van der Waals surface area (Å²) >= 11 is 0. The van der Waals surface area contributed by atoms with Crippen molar-refractivity contribution in [2.75, 3.05) is 0 Å². The number of rotatable bonds is 0. The predicted molar refractivity (Wildman–Crippen MR) is 64.5 cm³/mol. The van der Waals surface area contributed by atoms with Crippen molar-refractivity contribution in [3.05, 3.63) is 56.9 Å². The van der Waals surface area contributed by atoms with Gasteiger partial charge in [-0.1, -0.05) is 18.7 Å². The van der Waals surface area contributed by atoms with Crippen LogP contribution in [0.4, 0.5) is 0 Å². The van der Waals surface area contributed by atoms with Crippen LogP contribution < -0.4 is 10.6 Å². The SMILES string of the molecule is C=c1cccc2c1=c1c(O)c(O)ccc1=NC2=O. The van der Waals surface area contributed by atoms with E-state index in [1.807, 2.05) is 0 Å². The van der Waals surface area contributed by atoms with Crippen molar-refractivity contribution < 1.29 is 15.0 Å². The minimum absolute atomic E-state index is 0.243. The molecule has 1 aliphatic rings. The first-order valence-corrected chi connectivity index (χ1v) is 5.36. The Morgan fingerprint density at radius 3 is 2.61 bits per heavy atom. The van der Waals surface area contributed by atoms with Crippen molar-refractivity contribution in [2.45, 2.75) is 0 Å². The van der Waals surface area contributed by atoms with E-state index in [0.29, 0.717) is 26.6 Å². The van der Waals surface area contributed by atoms with E-state index in [2.05, 4.69) is 11.6 Å². The van der Waals surface area contributed by atoms with E-state index in [4.69, 9.17) is 0 Å². The van der Waals surface area contributed by atoms with Crippen LogP contribution >= 0.6 is 0 Å². The molecule has 3 rings (SSSR count). The molecule has 1 heterocycles. The van der Waals surface area contributed by atoms with Crippen molar-refractivity contribution >= 4 is 12.5 Å². The van der Waals surface area contributed by atoms with Crippen molar-refractivity contribution in [1.29, 1.82) is 0 Å². The molecule has 4 nitrogen and oxygen atoms in total. The fourth-order valence-corrected chi connectivity index (χ4v) is 2.15. The van der Waals surface area contributed by atoms with E-state index in [1.165, 1.54) is 12.1 Å². The summed E-state index contributed by atoms with van der Waals surface area (Å²) in [6.45, 7) is 3.85. The minimum atomic E-state index is -0.368. The second-order valence-electron chi connectivity index (χ2n) is 4.08. The summed E-state index contributed by atoms with van der Waals surface area (Å²) in [7, 11) is 0. The topological polar surface area (TPSA) is 69.9 Å². The van der Waals surface area contributed by atoms with Crippen LogP contribution in [0.25, 0.3) is 6.58 Å². The average Bonchev–Trinajstić information content (AvgIpc) is 2.35. The molecule has 0 aromatic heterocycles. The quantitative estimate of drug-likeness (QED) is 0.660. The summed E-state index contributed by atoms with van der Waals surface area (Å²) in [6, 6.07) is 7.88. The van der Waals surface area contributed by atoms with Gasteiger partial charge in [0.25, 0.3) is 5.91 Å². The molecule has 2 N–H and O–H groups in total. The third kappa shape index (κ3) is 1.26. The van der Waals surface area contributed by atoms with Crippen LogP contribution in [0.1, 0.15) is 10.4 Å². The molecule has 0 aliphatic carbocycles. The Kier molecular flexibility index (Phi) is 2.01. The van der Waals surface area contributed by atoms with Gasteiger partial charge in [0.05, 0.1) is 16.1 Å². The van der Waals surface area contributed by atoms with E-state index < -0.39 is 0 Å². The molecule has 0 saturated heterocycles. The maximum absolute atomic E-state index is 11.9. The number of phenols is 2. The molecule has 88 valence electrons. The molecule has 0 spiro atoms. The van der Waals surface area contributed by atoms with Crippen LogP contribution in [0.3, 0.4) is 0 Å². The summed E-state index contributed by atoms with van der Waals surface area (Å²) in [4.78, 5) is 15.8. The number of amides is 1. The lowest BCUT2D eigenvalue weighted by Crippen LogP contribution is -2.19. The molecular weight excluding hydrogens is 230 g/mol. The largest absolute Gasteiger partial charge is 0.504 e. The zero-order chi connectivity index (χ0) is 12.9. The second kappa shape index (κ2) is 3.43. The second-order valence-corrected chi connectivity index (χ2v) is 4.08. The number of phenolic OH excluding ortho intramolecular Hbond substituents is 2. The number of carbonyl (C=O) groups is 1. The van der Waals surface area contributed by atoms with Gasteiger partial charge in [-0.3, -0.25) is 4.79 Å². The molecule has 0 saturated carbocycles. The Morgan fingerprint density at radius 2 is 1.83 bits per heavy atom. The molecule has 18 heavy (non-hydrogen) atoms. The highest BCUT2D eigenvalue weighted by molar-refractivity contribution is 5.96. The van der Waals surface area contributed by atoms with Gasteiger partial charge in [-0.15, -0.1) is 0 Å². The van der Waals surface area contributed by atoms with Crippen LogP contribution in [0, 0.1) is 10.4 Å². The minimum Gasteiger partial charge on any atom is -0.504 e. The molecule has 2 aromatic rings. The maximum atomic E-state index is 11.9. The fraction of sp³-hybridized carbons (Fsp3) is 0. The number of hydrogen-bond donors (Lipinski definition) is 2. The Labute approximate surface area is 101 Å². The number of aromatic hydroxyl groups is 2. The Morgan fingerprint density at radius 1 is 1.06 bits per heavy atom. The molecule has 1 amide bonds.